The van der Waals surface area contributed by atoms with E-state index in [9.17, 15) is 10.1 Å². The number of nitrogens with one attached hydrogen (secondary N) is 1. The van der Waals surface area contributed by atoms with Crippen molar-refractivity contribution in [3.05, 3.63) is 39.9 Å². The summed E-state index contributed by atoms with van der Waals surface area (Å²) in [5, 5.41) is 22.9. The second kappa shape index (κ2) is 6.86. The number of hydrogen-bond acceptors (Lipinski definition) is 4. The molecule has 0 saturated heterocycles. The Morgan fingerprint density at radius 1 is 1.42 bits per heavy atom. The summed E-state index contributed by atoms with van der Waals surface area (Å²) in [6.07, 6.45) is 1.69. The van der Waals surface area contributed by atoms with Gasteiger partial charge in [0.1, 0.15) is 0 Å². The average molecular weight is 261 g/mol. The summed E-state index contributed by atoms with van der Waals surface area (Å²) in [5.41, 5.74) is 0.528. The van der Waals surface area contributed by atoms with Gasteiger partial charge in [0.15, 0.2) is 0 Å². The van der Waals surface area contributed by atoms with Crippen molar-refractivity contribution in [3.8, 4) is 6.07 Å². The van der Waals surface area contributed by atoms with E-state index in [1.54, 1.807) is 18.2 Å². The standard InChI is InChI=1S/C14H19N3O2/c1-14(2,11-15)8-5-9-16-10-12-6-3-4-7-13(12)17(18)19/h3-4,6-7,16H,5,8-10H2,1-2H3. The highest BCUT2D eigenvalue weighted by atomic mass is 16.6. The first-order chi connectivity index (χ1) is 8.96. The van der Waals surface area contributed by atoms with Crippen LogP contribution in [-0.4, -0.2) is 11.5 Å². The first-order valence-corrected chi connectivity index (χ1v) is 6.30. The maximum atomic E-state index is 10.8. The zero-order valence-corrected chi connectivity index (χ0v) is 11.3. The van der Waals surface area contributed by atoms with Gasteiger partial charge in [-0.05, 0) is 33.2 Å². The Bertz CT molecular complexity index is 478. The maximum Gasteiger partial charge on any atom is 0.273 e. The van der Waals surface area contributed by atoms with Crippen LogP contribution in [0.4, 0.5) is 5.69 Å². The Balaban J connectivity index is 2.39. The molecule has 1 aromatic rings. The predicted molar refractivity (Wildman–Crippen MR) is 73.4 cm³/mol. The normalized spacial score (nSPS) is 11.0. The maximum absolute atomic E-state index is 10.8. The van der Waals surface area contributed by atoms with Gasteiger partial charge in [-0.1, -0.05) is 18.2 Å². The minimum atomic E-state index is -0.365. The highest BCUT2D eigenvalue weighted by Gasteiger charge is 2.15. The van der Waals surface area contributed by atoms with Crippen LogP contribution in [0.3, 0.4) is 0 Å². The number of rotatable bonds is 7. The molecule has 0 aliphatic rings. The van der Waals surface area contributed by atoms with Crippen LogP contribution in [0, 0.1) is 26.9 Å². The van der Waals surface area contributed by atoms with Gasteiger partial charge in [-0.15, -0.1) is 0 Å². The van der Waals surface area contributed by atoms with Crippen molar-refractivity contribution >= 4 is 5.69 Å². The minimum absolute atomic E-state index is 0.146. The molecule has 0 unspecified atom stereocenters. The van der Waals surface area contributed by atoms with Crippen LogP contribution in [0.25, 0.3) is 0 Å². The molecule has 0 aliphatic heterocycles. The molecule has 0 spiro atoms. The molecule has 0 saturated carbocycles. The average Bonchev–Trinajstić information content (AvgIpc) is 2.38. The highest BCUT2D eigenvalue weighted by Crippen LogP contribution is 2.20. The van der Waals surface area contributed by atoms with E-state index in [2.05, 4.69) is 11.4 Å². The lowest BCUT2D eigenvalue weighted by Gasteiger charge is -2.14. The predicted octanol–water partition coefficient (Wildman–Crippen LogP) is 3.01. The van der Waals surface area contributed by atoms with Crippen molar-refractivity contribution < 1.29 is 4.92 Å². The summed E-state index contributed by atoms with van der Waals surface area (Å²) in [6.45, 7) is 5.05. The van der Waals surface area contributed by atoms with Gasteiger partial charge in [0.05, 0.1) is 16.4 Å². The largest absolute Gasteiger partial charge is 0.312 e. The second-order valence-electron chi connectivity index (χ2n) is 5.16. The molecule has 102 valence electrons. The first-order valence-electron chi connectivity index (χ1n) is 6.30. The third kappa shape index (κ3) is 5.06. The van der Waals surface area contributed by atoms with Crippen molar-refractivity contribution in [2.24, 2.45) is 5.41 Å². The fraction of sp³-hybridized carbons (Fsp3) is 0.500. The number of hydrogen-bond donors (Lipinski definition) is 1. The highest BCUT2D eigenvalue weighted by molar-refractivity contribution is 5.39. The molecule has 5 nitrogen and oxygen atoms in total. The van der Waals surface area contributed by atoms with E-state index in [4.69, 9.17) is 5.26 Å². The van der Waals surface area contributed by atoms with E-state index in [1.807, 2.05) is 13.8 Å². The first kappa shape index (κ1) is 15.1. The van der Waals surface area contributed by atoms with E-state index in [0.29, 0.717) is 12.1 Å². The molecular formula is C14H19N3O2. The van der Waals surface area contributed by atoms with E-state index in [1.165, 1.54) is 6.07 Å². The van der Waals surface area contributed by atoms with Crippen LogP contribution in [-0.2, 0) is 6.54 Å². The molecule has 19 heavy (non-hydrogen) atoms. The van der Waals surface area contributed by atoms with Crippen molar-refractivity contribution in [2.45, 2.75) is 33.2 Å². The molecule has 0 fully saturated rings. The van der Waals surface area contributed by atoms with Gasteiger partial charge in [0.25, 0.3) is 5.69 Å². The van der Waals surface area contributed by atoms with Gasteiger partial charge in [0.2, 0.25) is 0 Å². The topological polar surface area (TPSA) is 79.0 Å². The third-order valence-electron chi connectivity index (χ3n) is 2.96. The van der Waals surface area contributed by atoms with Gasteiger partial charge in [-0.3, -0.25) is 10.1 Å². The van der Waals surface area contributed by atoms with Gasteiger partial charge in [-0.2, -0.15) is 5.26 Å². The molecule has 0 aromatic heterocycles. The number of nitro benzene ring substituents is 1. The second-order valence-corrected chi connectivity index (χ2v) is 5.16. The SMILES string of the molecule is CC(C)(C#N)CCCNCc1ccccc1[N+](=O)[O-]. The van der Waals surface area contributed by atoms with Crippen LogP contribution in [0.5, 0.6) is 0 Å². The monoisotopic (exact) mass is 261 g/mol. The Hall–Kier alpha value is -1.93. The number of nitrogens with zero attached hydrogens (tertiary/aromatic N) is 2. The molecule has 0 bridgehead atoms. The van der Waals surface area contributed by atoms with Gasteiger partial charge in [-0.25, -0.2) is 0 Å². The summed E-state index contributed by atoms with van der Waals surface area (Å²) in [7, 11) is 0. The number of benzene rings is 1. The van der Waals surface area contributed by atoms with Crippen molar-refractivity contribution in [3.63, 3.8) is 0 Å². The lowest BCUT2D eigenvalue weighted by molar-refractivity contribution is -0.385. The van der Waals surface area contributed by atoms with Crippen molar-refractivity contribution in [2.75, 3.05) is 6.54 Å². The van der Waals surface area contributed by atoms with Crippen molar-refractivity contribution in [1.82, 2.24) is 5.32 Å². The van der Waals surface area contributed by atoms with Crippen LogP contribution >= 0.6 is 0 Å². The molecule has 5 heteroatoms. The lowest BCUT2D eigenvalue weighted by Crippen LogP contribution is -2.18. The van der Waals surface area contributed by atoms with Crippen LogP contribution in [0.2, 0.25) is 0 Å². The van der Waals surface area contributed by atoms with Gasteiger partial charge in [0, 0.05) is 18.2 Å². The Labute approximate surface area is 113 Å². The summed E-state index contributed by atoms with van der Waals surface area (Å²) in [4.78, 5) is 10.5. The molecule has 0 amide bonds. The molecule has 1 N–H and O–H groups in total. The number of nitro groups is 1. The lowest BCUT2D eigenvalue weighted by atomic mass is 9.90. The van der Waals surface area contributed by atoms with E-state index >= 15 is 0 Å². The van der Waals surface area contributed by atoms with Gasteiger partial charge >= 0.3 is 0 Å². The third-order valence-corrected chi connectivity index (χ3v) is 2.96. The fourth-order valence-corrected chi connectivity index (χ4v) is 1.77. The molecule has 0 aliphatic carbocycles. The van der Waals surface area contributed by atoms with E-state index in [0.717, 1.165) is 19.4 Å². The van der Waals surface area contributed by atoms with Crippen LogP contribution in [0.1, 0.15) is 32.3 Å². The fourth-order valence-electron chi connectivity index (χ4n) is 1.77. The van der Waals surface area contributed by atoms with Crippen LogP contribution in [0.15, 0.2) is 24.3 Å². The van der Waals surface area contributed by atoms with E-state index in [-0.39, 0.29) is 16.0 Å². The smallest absolute Gasteiger partial charge is 0.273 e. The number of nitriles is 1. The van der Waals surface area contributed by atoms with Crippen molar-refractivity contribution in [1.29, 1.82) is 5.26 Å². The quantitative estimate of drug-likeness (QED) is 0.465. The molecule has 0 radical (unpaired) electrons. The molecular weight excluding hydrogens is 242 g/mol. The Morgan fingerprint density at radius 2 is 2.11 bits per heavy atom. The molecule has 1 aromatic carbocycles. The number of para-hydroxylation sites is 1. The summed E-state index contributed by atoms with van der Waals surface area (Å²) in [6, 6.07) is 8.98. The Morgan fingerprint density at radius 3 is 2.74 bits per heavy atom. The molecule has 1 rings (SSSR count). The minimum Gasteiger partial charge on any atom is -0.312 e. The van der Waals surface area contributed by atoms with E-state index < -0.39 is 0 Å². The van der Waals surface area contributed by atoms with Crippen LogP contribution < -0.4 is 5.32 Å². The summed E-state index contributed by atoms with van der Waals surface area (Å²) in [5.74, 6) is 0. The molecule has 0 heterocycles. The zero-order valence-electron chi connectivity index (χ0n) is 11.3. The Kier molecular flexibility index (Phi) is 5.46. The summed E-state index contributed by atoms with van der Waals surface area (Å²) < 4.78 is 0. The molecule has 0 atom stereocenters. The van der Waals surface area contributed by atoms with Gasteiger partial charge < -0.3 is 5.32 Å². The summed E-state index contributed by atoms with van der Waals surface area (Å²) >= 11 is 0. The zero-order chi connectivity index (χ0) is 14.3.